The zero-order chi connectivity index (χ0) is 12.3. The van der Waals surface area contributed by atoms with Crippen LogP contribution in [0.25, 0.3) is 0 Å². The number of benzene rings is 1. The average molecular weight is 234 g/mol. The summed E-state index contributed by atoms with van der Waals surface area (Å²) in [6, 6.07) is 6.54. The van der Waals surface area contributed by atoms with E-state index in [0.717, 1.165) is 17.1 Å². The normalized spacial score (nSPS) is 16.8. The van der Waals surface area contributed by atoms with Gasteiger partial charge in [-0.15, -0.1) is 0 Å². The number of methoxy groups -OCH3 is 1. The van der Waals surface area contributed by atoms with Gasteiger partial charge in [-0.2, -0.15) is 0 Å². The second-order valence-corrected chi connectivity index (χ2v) is 4.83. The quantitative estimate of drug-likeness (QED) is 0.817. The molecule has 2 N–H and O–H groups in total. The Morgan fingerprint density at radius 2 is 1.94 bits per heavy atom. The Morgan fingerprint density at radius 3 is 2.59 bits per heavy atom. The van der Waals surface area contributed by atoms with Gasteiger partial charge in [-0.05, 0) is 25.0 Å². The molecule has 0 bridgehead atoms. The molecule has 0 spiro atoms. The summed E-state index contributed by atoms with van der Waals surface area (Å²) in [5.74, 6) is 0.873. The van der Waals surface area contributed by atoms with Crippen molar-refractivity contribution in [2.24, 2.45) is 0 Å². The van der Waals surface area contributed by atoms with E-state index >= 15 is 0 Å². The zero-order valence-electron chi connectivity index (χ0n) is 10.8. The fourth-order valence-corrected chi connectivity index (χ4v) is 2.65. The molecule has 1 aromatic carbocycles. The molecule has 0 unspecified atom stereocenters. The van der Waals surface area contributed by atoms with Gasteiger partial charge in [0.15, 0.2) is 0 Å². The van der Waals surface area contributed by atoms with Gasteiger partial charge in [0.1, 0.15) is 5.75 Å². The van der Waals surface area contributed by atoms with Crippen LogP contribution in [0.3, 0.4) is 0 Å². The maximum Gasteiger partial charge on any atom is 0.144 e. The molecule has 94 valence electrons. The molecule has 0 aliphatic heterocycles. The Labute approximate surface area is 104 Å². The topological polar surface area (TPSA) is 38.5 Å². The number of hydrogen-bond donors (Lipinski definition) is 1. The SMILES string of the molecule is COc1cc(N)ccc1N(C)C1CCCCC1. The monoisotopic (exact) mass is 234 g/mol. The van der Waals surface area contributed by atoms with Gasteiger partial charge in [0.05, 0.1) is 12.8 Å². The molecule has 0 aromatic heterocycles. The highest BCUT2D eigenvalue weighted by atomic mass is 16.5. The fourth-order valence-electron chi connectivity index (χ4n) is 2.65. The van der Waals surface area contributed by atoms with E-state index in [9.17, 15) is 0 Å². The molecule has 0 amide bonds. The molecule has 2 rings (SSSR count). The second-order valence-electron chi connectivity index (χ2n) is 4.83. The van der Waals surface area contributed by atoms with Crippen molar-refractivity contribution in [3.8, 4) is 5.75 Å². The van der Waals surface area contributed by atoms with Crippen molar-refractivity contribution < 1.29 is 4.74 Å². The van der Waals surface area contributed by atoms with E-state index in [4.69, 9.17) is 10.5 Å². The standard InChI is InChI=1S/C14H22N2O/c1-16(12-6-4-3-5-7-12)13-9-8-11(15)10-14(13)17-2/h8-10,12H,3-7,15H2,1-2H3. The minimum absolute atomic E-state index is 0.640. The maximum absolute atomic E-state index is 5.78. The van der Waals surface area contributed by atoms with Gasteiger partial charge in [0, 0.05) is 24.8 Å². The summed E-state index contributed by atoms with van der Waals surface area (Å²) >= 11 is 0. The number of nitrogens with zero attached hydrogens (tertiary/aromatic N) is 1. The summed E-state index contributed by atoms with van der Waals surface area (Å²) in [4.78, 5) is 2.34. The van der Waals surface area contributed by atoms with Gasteiger partial charge in [0.2, 0.25) is 0 Å². The molecule has 1 fully saturated rings. The fraction of sp³-hybridized carbons (Fsp3) is 0.571. The minimum atomic E-state index is 0.640. The molecule has 17 heavy (non-hydrogen) atoms. The first kappa shape index (κ1) is 12.1. The van der Waals surface area contributed by atoms with Crippen LogP contribution in [0.15, 0.2) is 18.2 Å². The van der Waals surface area contributed by atoms with Crippen LogP contribution in [0.2, 0.25) is 0 Å². The third-order valence-electron chi connectivity index (χ3n) is 3.71. The summed E-state index contributed by atoms with van der Waals surface area (Å²) < 4.78 is 5.42. The van der Waals surface area contributed by atoms with Gasteiger partial charge < -0.3 is 15.4 Å². The largest absolute Gasteiger partial charge is 0.495 e. The molecule has 0 heterocycles. The van der Waals surface area contributed by atoms with Gasteiger partial charge >= 0.3 is 0 Å². The van der Waals surface area contributed by atoms with Crippen LogP contribution in [-0.4, -0.2) is 20.2 Å². The van der Waals surface area contributed by atoms with Gasteiger partial charge in [-0.25, -0.2) is 0 Å². The lowest BCUT2D eigenvalue weighted by atomic mass is 9.94. The van der Waals surface area contributed by atoms with Gasteiger partial charge in [-0.3, -0.25) is 0 Å². The summed E-state index contributed by atoms with van der Waals surface area (Å²) in [5.41, 5.74) is 7.68. The Kier molecular flexibility index (Phi) is 3.77. The van der Waals surface area contributed by atoms with Gasteiger partial charge in [0.25, 0.3) is 0 Å². The predicted molar refractivity (Wildman–Crippen MR) is 72.7 cm³/mol. The van der Waals surface area contributed by atoms with Gasteiger partial charge in [-0.1, -0.05) is 19.3 Å². The molecule has 0 atom stereocenters. The molecule has 0 saturated heterocycles. The average Bonchev–Trinajstić information content (AvgIpc) is 2.39. The van der Waals surface area contributed by atoms with Crippen molar-refractivity contribution in [1.82, 2.24) is 0 Å². The number of ether oxygens (including phenoxy) is 1. The molecular weight excluding hydrogens is 212 g/mol. The van der Waals surface area contributed by atoms with Crippen LogP contribution in [0.1, 0.15) is 32.1 Å². The summed E-state index contributed by atoms with van der Waals surface area (Å²) in [6.07, 6.45) is 6.62. The highest BCUT2D eigenvalue weighted by Gasteiger charge is 2.20. The highest BCUT2D eigenvalue weighted by Crippen LogP contribution is 2.33. The van der Waals surface area contributed by atoms with E-state index in [-0.39, 0.29) is 0 Å². The molecule has 1 aliphatic carbocycles. The molecule has 1 aliphatic rings. The molecular formula is C14H22N2O. The van der Waals surface area contributed by atoms with Crippen LogP contribution in [0.5, 0.6) is 5.75 Å². The van der Waals surface area contributed by atoms with Crippen LogP contribution >= 0.6 is 0 Å². The summed E-state index contributed by atoms with van der Waals surface area (Å²) in [5, 5.41) is 0. The smallest absolute Gasteiger partial charge is 0.144 e. The van der Waals surface area contributed by atoms with E-state index in [0.29, 0.717) is 6.04 Å². The first-order valence-electron chi connectivity index (χ1n) is 6.38. The lowest BCUT2D eigenvalue weighted by molar-refractivity contribution is 0.402. The van der Waals surface area contributed by atoms with Crippen LogP contribution < -0.4 is 15.4 Å². The van der Waals surface area contributed by atoms with Crippen LogP contribution in [0.4, 0.5) is 11.4 Å². The Hall–Kier alpha value is -1.38. The van der Waals surface area contributed by atoms with E-state index in [1.165, 1.54) is 32.1 Å². The second kappa shape index (κ2) is 5.30. The van der Waals surface area contributed by atoms with Crippen LogP contribution in [0, 0.1) is 0 Å². The van der Waals surface area contributed by atoms with E-state index in [2.05, 4.69) is 18.0 Å². The highest BCUT2D eigenvalue weighted by molar-refractivity contribution is 5.64. The van der Waals surface area contributed by atoms with Crippen molar-refractivity contribution in [3.63, 3.8) is 0 Å². The molecule has 1 aromatic rings. The van der Waals surface area contributed by atoms with E-state index in [1.807, 2.05) is 12.1 Å². The first-order chi connectivity index (χ1) is 8.22. The Morgan fingerprint density at radius 1 is 1.24 bits per heavy atom. The Bertz CT molecular complexity index is 372. The number of nitrogens with two attached hydrogens (primary N) is 1. The maximum atomic E-state index is 5.78. The Balaban J connectivity index is 2.19. The summed E-state index contributed by atoms with van der Waals surface area (Å²) in [7, 11) is 3.86. The molecule has 1 saturated carbocycles. The third-order valence-corrected chi connectivity index (χ3v) is 3.71. The van der Waals surface area contributed by atoms with Crippen molar-refractivity contribution in [2.45, 2.75) is 38.1 Å². The van der Waals surface area contributed by atoms with Crippen molar-refractivity contribution >= 4 is 11.4 Å². The van der Waals surface area contributed by atoms with Crippen molar-refractivity contribution in [3.05, 3.63) is 18.2 Å². The van der Waals surface area contributed by atoms with Crippen molar-refractivity contribution in [1.29, 1.82) is 0 Å². The number of nitrogen functional groups attached to an aromatic ring is 1. The zero-order valence-corrected chi connectivity index (χ0v) is 10.8. The molecule has 3 heteroatoms. The third kappa shape index (κ3) is 2.65. The lowest BCUT2D eigenvalue weighted by Crippen LogP contribution is -2.33. The molecule has 3 nitrogen and oxygen atoms in total. The summed E-state index contributed by atoms with van der Waals surface area (Å²) in [6.45, 7) is 0. The molecule has 0 radical (unpaired) electrons. The number of rotatable bonds is 3. The van der Waals surface area contributed by atoms with E-state index in [1.54, 1.807) is 7.11 Å². The van der Waals surface area contributed by atoms with Crippen LogP contribution in [-0.2, 0) is 0 Å². The number of anilines is 2. The minimum Gasteiger partial charge on any atom is -0.495 e. The lowest BCUT2D eigenvalue weighted by Gasteiger charge is -2.33. The number of hydrogen-bond acceptors (Lipinski definition) is 3. The first-order valence-corrected chi connectivity index (χ1v) is 6.38. The van der Waals surface area contributed by atoms with Crippen molar-refractivity contribution in [2.75, 3.05) is 24.8 Å². The van der Waals surface area contributed by atoms with E-state index < -0.39 is 0 Å². The predicted octanol–water partition coefficient (Wildman–Crippen LogP) is 3.05.